The number of carbonyl (C=O) groups excluding carboxylic acids is 1. The molecular formula is C11H17N5O4. The molecule has 0 aromatic carbocycles. The van der Waals surface area contributed by atoms with Crippen molar-refractivity contribution in [3.05, 3.63) is 22.5 Å². The van der Waals surface area contributed by atoms with Crippen LogP contribution in [-0.2, 0) is 11.3 Å². The van der Waals surface area contributed by atoms with Crippen molar-refractivity contribution in [2.24, 2.45) is 0 Å². The van der Waals surface area contributed by atoms with Gasteiger partial charge in [0.15, 0.2) is 0 Å². The Labute approximate surface area is 115 Å². The summed E-state index contributed by atoms with van der Waals surface area (Å²) in [7, 11) is 1.74. The van der Waals surface area contributed by atoms with Gasteiger partial charge in [-0.3, -0.25) is 19.6 Å². The normalized spacial score (nSPS) is 20.4. The van der Waals surface area contributed by atoms with Crippen LogP contribution < -0.4 is 5.32 Å². The Balaban J connectivity index is 1.79. The average molecular weight is 283 g/mol. The molecule has 2 atom stereocenters. The molecule has 1 aliphatic heterocycles. The Morgan fingerprint density at radius 2 is 2.45 bits per heavy atom. The lowest BCUT2D eigenvalue weighted by molar-refractivity contribution is -0.385. The summed E-state index contributed by atoms with van der Waals surface area (Å²) in [5.74, 6) is 0.0203. The van der Waals surface area contributed by atoms with Gasteiger partial charge in [0, 0.05) is 20.1 Å². The molecule has 9 nitrogen and oxygen atoms in total. The highest BCUT2D eigenvalue weighted by Gasteiger charge is 2.28. The van der Waals surface area contributed by atoms with E-state index >= 15 is 0 Å². The molecule has 9 heteroatoms. The van der Waals surface area contributed by atoms with E-state index in [2.05, 4.69) is 10.4 Å². The van der Waals surface area contributed by atoms with Crippen molar-refractivity contribution in [1.82, 2.24) is 20.0 Å². The number of hydrogen-bond acceptors (Lipinski definition) is 6. The van der Waals surface area contributed by atoms with Crippen molar-refractivity contribution in [3.63, 3.8) is 0 Å². The summed E-state index contributed by atoms with van der Waals surface area (Å²) in [5, 5.41) is 27.1. The first-order valence-electron chi connectivity index (χ1n) is 6.30. The number of nitrogens with zero attached hydrogens (tertiary/aromatic N) is 4. The molecule has 2 rings (SSSR count). The van der Waals surface area contributed by atoms with E-state index in [0.717, 1.165) is 12.6 Å². The molecule has 2 unspecified atom stereocenters. The highest BCUT2D eigenvalue weighted by Crippen LogP contribution is 2.09. The van der Waals surface area contributed by atoms with Gasteiger partial charge in [-0.25, -0.2) is 0 Å². The number of nitro groups is 1. The number of carbonyl (C=O) groups is 1. The number of hydrogen-bond donors (Lipinski definition) is 2. The van der Waals surface area contributed by atoms with E-state index in [9.17, 15) is 20.0 Å². The van der Waals surface area contributed by atoms with Crippen LogP contribution in [0.1, 0.15) is 6.42 Å². The number of rotatable bonds is 6. The van der Waals surface area contributed by atoms with Gasteiger partial charge in [0.1, 0.15) is 12.4 Å². The lowest BCUT2D eigenvalue weighted by Crippen LogP contribution is -2.41. The van der Waals surface area contributed by atoms with Gasteiger partial charge in [-0.15, -0.1) is 0 Å². The van der Waals surface area contributed by atoms with Gasteiger partial charge in [0.25, 0.3) is 0 Å². The molecule has 0 saturated carbocycles. The zero-order valence-electron chi connectivity index (χ0n) is 11.1. The minimum Gasteiger partial charge on any atom is -0.390 e. The lowest BCUT2D eigenvalue weighted by atomic mass is 10.2. The topological polar surface area (TPSA) is 114 Å². The minimum absolute atomic E-state index is 0.0203. The molecule has 2 heterocycles. The van der Waals surface area contributed by atoms with E-state index in [4.69, 9.17) is 0 Å². The van der Waals surface area contributed by atoms with Crippen molar-refractivity contribution >= 4 is 11.6 Å². The SMILES string of the molecule is CN1CCC(NCC(O)Cn2cc([N+](=O)[O-])cn2)C1=O. The zero-order valence-corrected chi connectivity index (χ0v) is 11.1. The largest absolute Gasteiger partial charge is 0.390 e. The van der Waals surface area contributed by atoms with Crippen molar-refractivity contribution < 1.29 is 14.8 Å². The van der Waals surface area contributed by atoms with Crippen molar-refractivity contribution in [2.45, 2.75) is 25.1 Å². The van der Waals surface area contributed by atoms with Crippen LogP contribution in [0.25, 0.3) is 0 Å². The predicted molar refractivity (Wildman–Crippen MR) is 68.9 cm³/mol. The Morgan fingerprint density at radius 3 is 3.00 bits per heavy atom. The smallest absolute Gasteiger partial charge is 0.306 e. The third-order valence-corrected chi connectivity index (χ3v) is 3.26. The maximum absolute atomic E-state index is 11.6. The highest BCUT2D eigenvalue weighted by atomic mass is 16.6. The molecule has 0 spiro atoms. The second-order valence-electron chi connectivity index (χ2n) is 4.84. The Kier molecular flexibility index (Phi) is 4.30. The third-order valence-electron chi connectivity index (χ3n) is 3.26. The van der Waals surface area contributed by atoms with Gasteiger partial charge in [-0.2, -0.15) is 5.10 Å². The molecule has 0 aliphatic carbocycles. The number of nitrogens with one attached hydrogen (secondary N) is 1. The molecule has 1 amide bonds. The van der Waals surface area contributed by atoms with E-state index in [-0.39, 0.29) is 30.7 Å². The summed E-state index contributed by atoms with van der Waals surface area (Å²) < 4.78 is 1.31. The van der Waals surface area contributed by atoms with Gasteiger partial charge in [0.2, 0.25) is 5.91 Å². The van der Waals surface area contributed by atoms with Crippen molar-refractivity contribution in [2.75, 3.05) is 20.1 Å². The molecule has 1 aromatic rings. The molecule has 1 aromatic heterocycles. The van der Waals surface area contributed by atoms with Gasteiger partial charge >= 0.3 is 5.69 Å². The Morgan fingerprint density at radius 1 is 1.70 bits per heavy atom. The maximum Gasteiger partial charge on any atom is 0.306 e. The number of likely N-dealkylation sites (N-methyl/N-ethyl adjacent to an activating group) is 1. The van der Waals surface area contributed by atoms with Crippen LogP contribution >= 0.6 is 0 Å². The van der Waals surface area contributed by atoms with Gasteiger partial charge in [0.05, 0.1) is 23.6 Å². The van der Waals surface area contributed by atoms with Crippen LogP contribution in [0.2, 0.25) is 0 Å². The van der Waals surface area contributed by atoms with Crippen LogP contribution in [0.3, 0.4) is 0 Å². The fourth-order valence-corrected chi connectivity index (χ4v) is 2.12. The Bertz CT molecular complexity index is 503. The highest BCUT2D eigenvalue weighted by molar-refractivity contribution is 5.83. The summed E-state index contributed by atoms with van der Waals surface area (Å²) in [6.45, 7) is 1.08. The minimum atomic E-state index is -0.770. The van der Waals surface area contributed by atoms with E-state index in [1.54, 1.807) is 11.9 Å². The fraction of sp³-hybridized carbons (Fsp3) is 0.636. The summed E-state index contributed by atoms with van der Waals surface area (Å²) >= 11 is 0. The van der Waals surface area contributed by atoms with Gasteiger partial charge < -0.3 is 15.3 Å². The first-order chi connectivity index (χ1) is 9.47. The van der Waals surface area contributed by atoms with Crippen molar-refractivity contribution in [3.8, 4) is 0 Å². The fourth-order valence-electron chi connectivity index (χ4n) is 2.12. The number of likely N-dealkylation sites (tertiary alicyclic amines) is 1. The van der Waals surface area contributed by atoms with E-state index in [1.807, 2.05) is 0 Å². The van der Waals surface area contributed by atoms with Gasteiger partial charge in [-0.05, 0) is 6.42 Å². The maximum atomic E-state index is 11.6. The molecule has 1 saturated heterocycles. The first-order valence-corrected chi connectivity index (χ1v) is 6.30. The number of amides is 1. The molecular weight excluding hydrogens is 266 g/mol. The van der Waals surface area contributed by atoms with Crippen molar-refractivity contribution in [1.29, 1.82) is 0 Å². The monoisotopic (exact) mass is 283 g/mol. The van der Waals surface area contributed by atoms with Crippen LogP contribution in [0.15, 0.2) is 12.4 Å². The van der Waals surface area contributed by atoms with E-state index in [1.165, 1.54) is 10.9 Å². The molecule has 20 heavy (non-hydrogen) atoms. The Hall–Kier alpha value is -2.00. The summed E-state index contributed by atoms with van der Waals surface area (Å²) in [4.78, 5) is 23.2. The van der Waals surface area contributed by atoms with Crippen LogP contribution in [-0.4, -0.2) is 62.9 Å². The van der Waals surface area contributed by atoms with E-state index < -0.39 is 11.0 Å². The molecule has 1 aliphatic rings. The lowest BCUT2D eigenvalue weighted by Gasteiger charge is -2.15. The van der Waals surface area contributed by atoms with Crippen LogP contribution in [0, 0.1) is 10.1 Å². The number of aliphatic hydroxyl groups is 1. The average Bonchev–Trinajstić information content (AvgIpc) is 2.97. The first kappa shape index (κ1) is 14.4. The van der Waals surface area contributed by atoms with Crippen LogP contribution in [0.4, 0.5) is 5.69 Å². The molecule has 110 valence electrons. The molecule has 0 radical (unpaired) electrons. The quantitative estimate of drug-likeness (QED) is 0.510. The number of aromatic nitrogens is 2. The van der Waals surface area contributed by atoms with E-state index in [0.29, 0.717) is 6.54 Å². The summed E-state index contributed by atoms with van der Waals surface area (Å²) in [5.41, 5.74) is -0.113. The zero-order chi connectivity index (χ0) is 14.7. The third kappa shape index (κ3) is 3.31. The standard InChI is InChI=1S/C11H17N5O4/c1-14-3-2-10(11(14)18)12-5-9(17)7-15-6-8(4-13-15)16(19)20/h4,6,9-10,12,17H,2-3,5,7H2,1H3. The molecule has 1 fully saturated rings. The summed E-state index contributed by atoms with van der Waals surface area (Å²) in [6.07, 6.45) is 2.34. The predicted octanol–water partition coefficient (Wildman–Crippen LogP) is -1.03. The van der Waals surface area contributed by atoms with Gasteiger partial charge in [-0.1, -0.05) is 0 Å². The number of aliphatic hydroxyl groups excluding tert-OH is 1. The summed E-state index contributed by atoms with van der Waals surface area (Å²) in [6, 6.07) is -0.262. The van der Waals surface area contributed by atoms with Crippen LogP contribution in [0.5, 0.6) is 0 Å². The second-order valence-corrected chi connectivity index (χ2v) is 4.84. The molecule has 0 bridgehead atoms. The molecule has 2 N–H and O–H groups in total. The second kappa shape index (κ2) is 5.97.